The van der Waals surface area contributed by atoms with Gasteiger partial charge in [-0.15, -0.1) is 0 Å². The summed E-state index contributed by atoms with van der Waals surface area (Å²) in [6.07, 6.45) is 2.60. The third-order valence-electron chi connectivity index (χ3n) is 3.81. The lowest BCUT2D eigenvalue weighted by molar-refractivity contribution is -0.00425. The molecule has 0 radical (unpaired) electrons. The molecule has 19 heavy (non-hydrogen) atoms. The van der Waals surface area contributed by atoms with Crippen LogP contribution in [0.15, 0.2) is 40.5 Å². The molecule has 4 rings (SSSR count). The van der Waals surface area contributed by atoms with Crippen molar-refractivity contribution in [2.75, 3.05) is 0 Å². The van der Waals surface area contributed by atoms with E-state index in [4.69, 9.17) is 0 Å². The number of hydrazine groups is 1. The summed E-state index contributed by atoms with van der Waals surface area (Å²) in [7, 11) is 0. The predicted octanol–water partition coefficient (Wildman–Crippen LogP) is 0.853. The van der Waals surface area contributed by atoms with E-state index >= 15 is 0 Å². The normalized spacial score (nSPS) is 28.1. The van der Waals surface area contributed by atoms with E-state index in [1.165, 1.54) is 0 Å². The Labute approximate surface area is 111 Å². The fourth-order valence-electron chi connectivity index (χ4n) is 2.92. The van der Waals surface area contributed by atoms with Crippen molar-refractivity contribution in [3.05, 3.63) is 35.9 Å². The molecular formula is C13H16N6. The van der Waals surface area contributed by atoms with Crippen molar-refractivity contribution < 1.29 is 0 Å². The lowest BCUT2D eigenvalue weighted by Gasteiger charge is -2.43. The van der Waals surface area contributed by atoms with Crippen molar-refractivity contribution in [2.24, 2.45) is 10.2 Å². The fourth-order valence-corrected chi connectivity index (χ4v) is 2.92. The second-order valence-electron chi connectivity index (χ2n) is 5.02. The number of rotatable bonds is 1. The molecule has 0 spiro atoms. The number of amidine groups is 2. The van der Waals surface area contributed by atoms with Crippen LogP contribution in [0.5, 0.6) is 0 Å². The minimum absolute atomic E-state index is 0.233. The number of fused-ring (bicyclic) bond motifs is 3. The number of benzene rings is 1. The molecule has 0 aliphatic carbocycles. The molecule has 0 bridgehead atoms. The highest BCUT2D eigenvalue weighted by Gasteiger charge is 2.43. The quantitative estimate of drug-likeness (QED) is 0.782. The molecule has 1 aromatic carbocycles. The van der Waals surface area contributed by atoms with Crippen LogP contribution >= 0.6 is 0 Å². The van der Waals surface area contributed by atoms with Crippen molar-refractivity contribution in [2.45, 2.75) is 32.1 Å². The molecule has 1 aromatic rings. The summed E-state index contributed by atoms with van der Waals surface area (Å²) in [5, 5.41) is 13.3. The Kier molecular flexibility index (Phi) is 2.18. The van der Waals surface area contributed by atoms with Crippen LogP contribution in [-0.2, 0) is 0 Å². The van der Waals surface area contributed by atoms with Crippen molar-refractivity contribution in [3.63, 3.8) is 0 Å². The van der Waals surface area contributed by atoms with E-state index in [0.29, 0.717) is 0 Å². The maximum Gasteiger partial charge on any atom is 0.176 e. The van der Waals surface area contributed by atoms with E-state index in [1.54, 1.807) is 0 Å². The van der Waals surface area contributed by atoms with Crippen LogP contribution in [0.25, 0.3) is 0 Å². The lowest BCUT2D eigenvalue weighted by atomic mass is 10.1. The molecule has 98 valence electrons. The van der Waals surface area contributed by atoms with Gasteiger partial charge in [0, 0.05) is 5.56 Å². The van der Waals surface area contributed by atoms with Crippen molar-refractivity contribution in [1.82, 2.24) is 20.9 Å². The van der Waals surface area contributed by atoms with E-state index in [2.05, 4.69) is 43.2 Å². The van der Waals surface area contributed by atoms with Crippen molar-refractivity contribution in [1.29, 1.82) is 0 Å². The third kappa shape index (κ3) is 1.49. The first-order chi connectivity index (χ1) is 9.34. The van der Waals surface area contributed by atoms with Crippen LogP contribution in [-0.4, -0.2) is 34.0 Å². The van der Waals surface area contributed by atoms with Gasteiger partial charge in [-0.05, 0) is 19.8 Å². The summed E-state index contributed by atoms with van der Waals surface area (Å²) in [5.74, 6) is 1.95. The molecule has 0 aromatic heterocycles. The van der Waals surface area contributed by atoms with E-state index in [0.717, 1.165) is 30.1 Å². The molecule has 0 saturated carbocycles. The first-order valence-corrected chi connectivity index (χ1v) is 6.61. The van der Waals surface area contributed by atoms with Gasteiger partial charge in [0.25, 0.3) is 0 Å². The zero-order valence-corrected chi connectivity index (χ0v) is 10.7. The predicted molar refractivity (Wildman–Crippen MR) is 72.8 cm³/mol. The summed E-state index contributed by atoms with van der Waals surface area (Å²) in [6, 6.07) is 10.3. The molecule has 3 heterocycles. The van der Waals surface area contributed by atoms with Gasteiger partial charge in [0.15, 0.2) is 5.84 Å². The molecule has 3 aliphatic rings. The average Bonchev–Trinajstić information content (AvgIpc) is 3.03. The molecule has 2 atom stereocenters. The fraction of sp³-hybridized carbons (Fsp3) is 0.385. The minimum atomic E-state index is 0.233. The summed E-state index contributed by atoms with van der Waals surface area (Å²) < 4.78 is 0. The summed E-state index contributed by atoms with van der Waals surface area (Å²) in [6.45, 7) is 2.02. The van der Waals surface area contributed by atoms with Crippen molar-refractivity contribution in [3.8, 4) is 0 Å². The Morgan fingerprint density at radius 2 is 1.68 bits per heavy atom. The standard InChI is InChI=1S/C13H16N6/c1-9-14-15-11-7-8-12-16-17-13(19(12)18(9)11)10-5-3-2-4-6-10/h2-6,11-12,15-16H,7-8H2,1H3. The Morgan fingerprint density at radius 1 is 1.00 bits per heavy atom. The van der Waals surface area contributed by atoms with Gasteiger partial charge >= 0.3 is 0 Å². The highest BCUT2D eigenvalue weighted by molar-refractivity contribution is 6.01. The van der Waals surface area contributed by atoms with Crippen LogP contribution < -0.4 is 10.9 Å². The minimum Gasteiger partial charge on any atom is -0.284 e. The molecular weight excluding hydrogens is 240 g/mol. The van der Waals surface area contributed by atoms with Crippen LogP contribution in [0.4, 0.5) is 0 Å². The molecule has 1 saturated heterocycles. The summed E-state index contributed by atoms with van der Waals surface area (Å²) >= 11 is 0. The number of hydrogen-bond donors (Lipinski definition) is 2. The topological polar surface area (TPSA) is 55.3 Å². The van der Waals surface area contributed by atoms with Gasteiger partial charge in [0.2, 0.25) is 0 Å². The van der Waals surface area contributed by atoms with Gasteiger partial charge < -0.3 is 0 Å². The van der Waals surface area contributed by atoms with Crippen LogP contribution in [0, 0.1) is 0 Å². The number of nitrogens with zero attached hydrogens (tertiary/aromatic N) is 4. The van der Waals surface area contributed by atoms with E-state index in [9.17, 15) is 0 Å². The monoisotopic (exact) mass is 256 g/mol. The highest BCUT2D eigenvalue weighted by Crippen LogP contribution is 2.29. The number of hydrogen-bond acceptors (Lipinski definition) is 6. The van der Waals surface area contributed by atoms with Gasteiger partial charge in [0.1, 0.15) is 18.2 Å². The lowest BCUT2D eigenvalue weighted by Crippen LogP contribution is -2.61. The smallest absolute Gasteiger partial charge is 0.176 e. The van der Waals surface area contributed by atoms with Gasteiger partial charge in [-0.3, -0.25) is 10.9 Å². The van der Waals surface area contributed by atoms with Crippen LogP contribution in [0.1, 0.15) is 25.3 Å². The van der Waals surface area contributed by atoms with E-state index < -0.39 is 0 Å². The first-order valence-electron chi connectivity index (χ1n) is 6.61. The zero-order chi connectivity index (χ0) is 12.8. The second-order valence-corrected chi connectivity index (χ2v) is 5.02. The van der Waals surface area contributed by atoms with E-state index in [1.807, 2.05) is 25.1 Å². The molecule has 6 nitrogen and oxygen atoms in total. The van der Waals surface area contributed by atoms with Crippen molar-refractivity contribution >= 4 is 11.7 Å². The maximum atomic E-state index is 4.51. The van der Waals surface area contributed by atoms with Gasteiger partial charge in [-0.1, -0.05) is 30.3 Å². The van der Waals surface area contributed by atoms with Gasteiger partial charge in [0.05, 0.1) is 0 Å². The first kappa shape index (κ1) is 10.7. The molecule has 3 aliphatic heterocycles. The average molecular weight is 256 g/mol. The van der Waals surface area contributed by atoms with Crippen LogP contribution in [0.3, 0.4) is 0 Å². The largest absolute Gasteiger partial charge is 0.284 e. The molecule has 2 unspecified atom stereocenters. The Balaban J connectivity index is 1.73. The Hall–Kier alpha value is -2.24. The van der Waals surface area contributed by atoms with Gasteiger partial charge in [-0.25, -0.2) is 10.0 Å². The molecule has 1 fully saturated rings. The molecule has 6 heteroatoms. The Bertz CT molecular complexity index is 552. The maximum absolute atomic E-state index is 4.51. The molecule has 0 amide bonds. The van der Waals surface area contributed by atoms with E-state index in [-0.39, 0.29) is 12.3 Å². The second kappa shape index (κ2) is 3.88. The molecule has 2 N–H and O–H groups in total. The Morgan fingerprint density at radius 3 is 2.47 bits per heavy atom. The third-order valence-corrected chi connectivity index (χ3v) is 3.81. The zero-order valence-electron chi connectivity index (χ0n) is 10.7. The summed E-state index contributed by atoms with van der Waals surface area (Å²) in [5.41, 5.74) is 7.54. The number of hydrazone groups is 2. The van der Waals surface area contributed by atoms with Gasteiger partial charge in [-0.2, -0.15) is 10.2 Å². The summed E-state index contributed by atoms with van der Waals surface area (Å²) in [4.78, 5) is 0. The van der Waals surface area contributed by atoms with Crippen LogP contribution in [0.2, 0.25) is 0 Å². The highest BCUT2D eigenvalue weighted by atomic mass is 15.8. The SMILES string of the molecule is CC1=NNC2CCC3NN=C(c4ccccc4)N3N12. The number of nitrogens with one attached hydrogen (secondary N) is 2.